The first-order valence-corrected chi connectivity index (χ1v) is 7.55. The fraction of sp³-hybridized carbons (Fsp3) is 0.0556. The Morgan fingerprint density at radius 2 is 1.96 bits per heavy atom. The van der Waals surface area contributed by atoms with Gasteiger partial charge in [-0.25, -0.2) is 5.43 Å². The Bertz CT molecular complexity index is 858. The van der Waals surface area contributed by atoms with Crippen LogP contribution in [0.3, 0.4) is 0 Å². The minimum atomic E-state index is -0.403. The predicted octanol–water partition coefficient (Wildman–Crippen LogP) is 2.31. The number of phenols is 1. The van der Waals surface area contributed by atoms with E-state index in [4.69, 9.17) is 4.74 Å². The molecule has 3 rings (SSSR count). The zero-order valence-electron chi connectivity index (χ0n) is 13.2. The van der Waals surface area contributed by atoms with Crippen LogP contribution in [0.4, 0.5) is 0 Å². The molecule has 0 aliphatic carbocycles. The van der Waals surface area contributed by atoms with E-state index in [1.807, 2.05) is 30.3 Å². The summed E-state index contributed by atoms with van der Waals surface area (Å²) >= 11 is 0. The highest BCUT2D eigenvalue weighted by Gasteiger charge is 2.06. The zero-order valence-corrected chi connectivity index (χ0v) is 13.2. The average Bonchev–Trinajstić information content (AvgIpc) is 3.11. The molecule has 25 heavy (non-hydrogen) atoms. The van der Waals surface area contributed by atoms with Gasteiger partial charge >= 0.3 is 0 Å². The van der Waals surface area contributed by atoms with Crippen molar-refractivity contribution in [2.45, 2.75) is 0 Å². The molecule has 0 unspecified atom stereocenters. The van der Waals surface area contributed by atoms with Gasteiger partial charge in [-0.05, 0) is 35.4 Å². The molecule has 2 aromatic carbocycles. The van der Waals surface area contributed by atoms with Gasteiger partial charge in [0.2, 0.25) is 5.88 Å². The van der Waals surface area contributed by atoms with Crippen LogP contribution in [-0.2, 0) is 4.79 Å². The van der Waals surface area contributed by atoms with Crippen molar-refractivity contribution in [2.24, 2.45) is 5.10 Å². The lowest BCUT2D eigenvalue weighted by atomic mass is 10.2. The summed E-state index contributed by atoms with van der Waals surface area (Å²) in [5, 5.41) is 19.9. The second-order valence-corrected chi connectivity index (χ2v) is 5.16. The number of nitrogens with one attached hydrogen (secondary N) is 2. The molecule has 0 aliphatic rings. The number of carbonyl (C=O) groups is 1. The molecule has 0 saturated carbocycles. The molecule has 1 heterocycles. The molecule has 3 aromatic rings. The van der Waals surface area contributed by atoms with E-state index in [9.17, 15) is 9.90 Å². The SMILES string of the molecule is O=C(COc1cc(-c2ccccc2)[nH]n1)N/N=C/c1ccc(O)cc1. The lowest BCUT2D eigenvalue weighted by molar-refractivity contribution is -0.123. The van der Waals surface area contributed by atoms with Crippen molar-refractivity contribution in [3.63, 3.8) is 0 Å². The van der Waals surface area contributed by atoms with Crippen molar-refractivity contribution in [2.75, 3.05) is 6.61 Å². The van der Waals surface area contributed by atoms with E-state index >= 15 is 0 Å². The Morgan fingerprint density at radius 3 is 2.72 bits per heavy atom. The number of benzene rings is 2. The molecule has 0 spiro atoms. The number of aromatic hydroxyl groups is 1. The van der Waals surface area contributed by atoms with E-state index in [2.05, 4.69) is 20.7 Å². The van der Waals surface area contributed by atoms with E-state index in [1.54, 1.807) is 18.2 Å². The maximum Gasteiger partial charge on any atom is 0.278 e. The molecule has 1 aromatic heterocycles. The van der Waals surface area contributed by atoms with E-state index in [0.717, 1.165) is 16.8 Å². The van der Waals surface area contributed by atoms with Gasteiger partial charge in [-0.2, -0.15) is 5.10 Å². The number of hydrazone groups is 1. The number of rotatable bonds is 6. The number of aromatic amines is 1. The summed E-state index contributed by atoms with van der Waals surface area (Å²) in [6.07, 6.45) is 1.47. The summed E-state index contributed by atoms with van der Waals surface area (Å²) in [6, 6.07) is 17.8. The van der Waals surface area contributed by atoms with Crippen LogP contribution >= 0.6 is 0 Å². The van der Waals surface area contributed by atoms with Crippen molar-refractivity contribution in [3.8, 4) is 22.9 Å². The molecular weight excluding hydrogens is 320 g/mol. The van der Waals surface area contributed by atoms with Crippen LogP contribution in [0.5, 0.6) is 11.6 Å². The predicted molar refractivity (Wildman–Crippen MR) is 93.4 cm³/mol. The molecule has 126 valence electrons. The second-order valence-electron chi connectivity index (χ2n) is 5.16. The third kappa shape index (κ3) is 4.68. The molecule has 0 bridgehead atoms. The topological polar surface area (TPSA) is 99.6 Å². The summed E-state index contributed by atoms with van der Waals surface area (Å²) in [4.78, 5) is 11.7. The number of carbonyl (C=O) groups excluding carboxylic acids is 1. The first-order chi connectivity index (χ1) is 12.2. The number of phenolic OH excluding ortho intramolecular Hbond substituents is 1. The van der Waals surface area contributed by atoms with E-state index in [1.165, 1.54) is 18.3 Å². The highest BCUT2D eigenvalue weighted by atomic mass is 16.5. The molecule has 1 amide bonds. The Hall–Kier alpha value is -3.61. The standard InChI is InChI=1S/C18H16N4O3/c23-15-8-6-13(7-9-15)11-19-21-17(24)12-25-18-10-16(20-22-18)14-4-2-1-3-5-14/h1-11,23H,12H2,(H,20,22)(H,21,24)/b19-11+. The molecule has 3 N–H and O–H groups in total. The van der Waals surface area contributed by atoms with Gasteiger partial charge in [0.1, 0.15) is 5.75 Å². The third-order valence-electron chi connectivity index (χ3n) is 3.29. The number of H-pyrrole nitrogens is 1. The van der Waals surface area contributed by atoms with Gasteiger partial charge < -0.3 is 9.84 Å². The van der Waals surface area contributed by atoms with Crippen LogP contribution in [0, 0.1) is 0 Å². The van der Waals surface area contributed by atoms with Crippen molar-refractivity contribution in [1.29, 1.82) is 0 Å². The summed E-state index contributed by atoms with van der Waals surface area (Å²) < 4.78 is 5.33. The van der Waals surface area contributed by atoms with Crippen LogP contribution in [0.15, 0.2) is 65.8 Å². The fourth-order valence-electron chi connectivity index (χ4n) is 2.05. The van der Waals surface area contributed by atoms with Gasteiger partial charge in [-0.15, -0.1) is 5.10 Å². The maximum absolute atomic E-state index is 11.7. The quantitative estimate of drug-likeness (QED) is 0.475. The largest absolute Gasteiger partial charge is 0.508 e. The van der Waals surface area contributed by atoms with Crippen molar-refractivity contribution < 1.29 is 14.6 Å². The smallest absolute Gasteiger partial charge is 0.278 e. The van der Waals surface area contributed by atoms with Crippen LogP contribution in [0.25, 0.3) is 11.3 Å². The molecule has 7 nitrogen and oxygen atoms in total. The van der Waals surface area contributed by atoms with Crippen molar-refractivity contribution in [3.05, 3.63) is 66.2 Å². The second kappa shape index (κ2) is 7.78. The number of aromatic nitrogens is 2. The fourth-order valence-corrected chi connectivity index (χ4v) is 2.05. The summed E-state index contributed by atoms with van der Waals surface area (Å²) in [5.74, 6) is 0.0965. The van der Waals surface area contributed by atoms with Crippen LogP contribution in [-0.4, -0.2) is 34.0 Å². The normalized spacial score (nSPS) is 10.7. The Labute approximate surface area is 144 Å². The Morgan fingerprint density at radius 1 is 1.20 bits per heavy atom. The average molecular weight is 336 g/mol. The van der Waals surface area contributed by atoms with Gasteiger partial charge in [-0.3, -0.25) is 9.89 Å². The van der Waals surface area contributed by atoms with Crippen LogP contribution in [0.2, 0.25) is 0 Å². The Kier molecular flexibility index (Phi) is 5.06. The highest BCUT2D eigenvalue weighted by Crippen LogP contribution is 2.20. The van der Waals surface area contributed by atoms with Crippen molar-refractivity contribution in [1.82, 2.24) is 15.6 Å². The molecule has 0 fully saturated rings. The first kappa shape index (κ1) is 16.3. The molecular formula is C18H16N4O3. The van der Waals surface area contributed by atoms with Gasteiger partial charge in [0.05, 0.1) is 11.9 Å². The number of ether oxygens (including phenoxy) is 1. The highest BCUT2D eigenvalue weighted by molar-refractivity contribution is 5.83. The van der Waals surface area contributed by atoms with Crippen LogP contribution < -0.4 is 10.2 Å². The molecule has 0 atom stereocenters. The van der Waals surface area contributed by atoms with E-state index < -0.39 is 5.91 Å². The summed E-state index contributed by atoms with van der Waals surface area (Å²) in [6.45, 7) is -0.202. The lowest BCUT2D eigenvalue weighted by Gasteiger charge is -2.01. The molecule has 0 radical (unpaired) electrons. The van der Waals surface area contributed by atoms with E-state index in [0.29, 0.717) is 5.88 Å². The van der Waals surface area contributed by atoms with Gasteiger partial charge in [0.25, 0.3) is 5.91 Å². The minimum absolute atomic E-state index is 0.170. The maximum atomic E-state index is 11.7. The zero-order chi connectivity index (χ0) is 17.5. The Balaban J connectivity index is 1.48. The molecule has 0 aliphatic heterocycles. The third-order valence-corrected chi connectivity index (χ3v) is 3.29. The lowest BCUT2D eigenvalue weighted by Crippen LogP contribution is -2.24. The van der Waals surface area contributed by atoms with E-state index in [-0.39, 0.29) is 12.4 Å². The van der Waals surface area contributed by atoms with Crippen molar-refractivity contribution >= 4 is 12.1 Å². The minimum Gasteiger partial charge on any atom is -0.508 e. The number of nitrogens with zero attached hydrogens (tertiary/aromatic N) is 2. The van der Waals surface area contributed by atoms with Gasteiger partial charge in [-0.1, -0.05) is 30.3 Å². The number of amides is 1. The molecule has 7 heteroatoms. The van der Waals surface area contributed by atoms with Gasteiger partial charge in [0, 0.05) is 6.07 Å². The van der Waals surface area contributed by atoms with Gasteiger partial charge in [0.15, 0.2) is 6.61 Å². The van der Waals surface area contributed by atoms with Crippen LogP contribution in [0.1, 0.15) is 5.56 Å². The first-order valence-electron chi connectivity index (χ1n) is 7.55. The number of hydrogen-bond acceptors (Lipinski definition) is 5. The molecule has 0 saturated heterocycles. The monoisotopic (exact) mass is 336 g/mol. The summed E-state index contributed by atoms with van der Waals surface area (Å²) in [5.41, 5.74) is 4.89. The number of hydrogen-bond donors (Lipinski definition) is 3. The summed E-state index contributed by atoms with van der Waals surface area (Å²) in [7, 11) is 0.